The molecule has 0 aliphatic carbocycles. The summed E-state index contributed by atoms with van der Waals surface area (Å²) in [4.78, 5) is 23.5. The second-order valence-corrected chi connectivity index (χ2v) is 6.71. The van der Waals surface area contributed by atoms with Gasteiger partial charge >= 0.3 is 5.97 Å². The Labute approximate surface area is 166 Å². The predicted octanol–water partition coefficient (Wildman–Crippen LogP) is 3.73. The van der Waals surface area contributed by atoms with E-state index in [9.17, 15) is 9.59 Å². The molecular formula is C23H27NO4. The maximum absolute atomic E-state index is 11.8. The highest BCUT2D eigenvalue weighted by molar-refractivity contribution is 5.89. The highest BCUT2D eigenvalue weighted by atomic mass is 16.5. The SMILES string of the molecule is COc1ccc(/C=C/C(=O)OCC(=O)NCCc2ccc(C(C)C)cc2)cc1. The van der Waals surface area contributed by atoms with Crippen molar-refractivity contribution in [1.82, 2.24) is 5.32 Å². The van der Waals surface area contributed by atoms with Crippen LogP contribution in [0.2, 0.25) is 0 Å². The van der Waals surface area contributed by atoms with Gasteiger partial charge in [0.1, 0.15) is 5.75 Å². The zero-order chi connectivity index (χ0) is 20.4. The Balaban J connectivity index is 1.67. The lowest BCUT2D eigenvalue weighted by Gasteiger charge is -2.08. The molecule has 0 unspecified atom stereocenters. The van der Waals surface area contributed by atoms with Crippen LogP contribution in [0.4, 0.5) is 0 Å². The van der Waals surface area contributed by atoms with E-state index >= 15 is 0 Å². The Kier molecular flexibility index (Phi) is 8.28. The fourth-order valence-electron chi connectivity index (χ4n) is 2.53. The molecule has 1 N–H and O–H groups in total. The number of amides is 1. The van der Waals surface area contributed by atoms with Gasteiger partial charge in [0.2, 0.25) is 0 Å². The van der Waals surface area contributed by atoms with E-state index in [1.54, 1.807) is 25.3 Å². The van der Waals surface area contributed by atoms with Gasteiger partial charge in [-0.05, 0) is 47.2 Å². The minimum atomic E-state index is -0.560. The molecule has 0 aliphatic rings. The van der Waals surface area contributed by atoms with E-state index in [4.69, 9.17) is 9.47 Å². The molecule has 0 aromatic heterocycles. The first-order valence-electron chi connectivity index (χ1n) is 9.32. The van der Waals surface area contributed by atoms with Crippen LogP contribution < -0.4 is 10.1 Å². The third-order valence-corrected chi connectivity index (χ3v) is 4.26. The third kappa shape index (κ3) is 7.27. The van der Waals surface area contributed by atoms with Crippen LogP contribution in [0, 0.1) is 0 Å². The van der Waals surface area contributed by atoms with Crippen molar-refractivity contribution in [3.63, 3.8) is 0 Å². The van der Waals surface area contributed by atoms with Crippen molar-refractivity contribution in [1.29, 1.82) is 0 Å². The first-order chi connectivity index (χ1) is 13.5. The first-order valence-corrected chi connectivity index (χ1v) is 9.32. The summed E-state index contributed by atoms with van der Waals surface area (Å²) in [6.07, 6.45) is 3.65. The second kappa shape index (κ2) is 10.9. The van der Waals surface area contributed by atoms with Crippen molar-refractivity contribution >= 4 is 18.0 Å². The first kappa shape index (κ1) is 21.2. The molecule has 0 fully saturated rings. The van der Waals surface area contributed by atoms with E-state index < -0.39 is 5.97 Å². The van der Waals surface area contributed by atoms with Crippen LogP contribution in [0.1, 0.15) is 36.5 Å². The Morgan fingerprint density at radius 3 is 2.32 bits per heavy atom. The maximum Gasteiger partial charge on any atom is 0.331 e. The molecule has 2 aromatic rings. The normalized spacial score (nSPS) is 10.9. The molecule has 0 radical (unpaired) electrons. The fraction of sp³-hybridized carbons (Fsp3) is 0.304. The maximum atomic E-state index is 11.8. The number of hydrogen-bond donors (Lipinski definition) is 1. The number of carbonyl (C=O) groups excluding carboxylic acids is 2. The summed E-state index contributed by atoms with van der Waals surface area (Å²) in [5.41, 5.74) is 3.29. The number of hydrogen-bond acceptors (Lipinski definition) is 4. The molecule has 5 nitrogen and oxygen atoms in total. The molecule has 1 amide bonds. The Bertz CT molecular complexity index is 792. The Hall–Kier alpha value is -3.08. The summed E-state index contributed by atoms with van der Waals surface area (Å²) in [5, 5.41) is 2.76. The van der Waals surface area contributed by atoms with Crippen molar-refractivity contribution < 1.29 is 19.1 Å². The quantitative estimate of drug-likeness (QED) is 0.531. The average Bonchev–Trinajstić information content (AvgIpc) is 2.71. The number of rotatable bonds is 9. The standard InChI is InChI=1S/C23H27NO4/c1-17(2)20-9-4-19(5-10-20)14-15-24-22(25)16-28-23(26)13-8-18-6-11-21(27-3)12-7-18/h4-13,17H,14-16H2,1-3H3,(H,24,25)/b13-8+. The predicted molar refractivity (Wildman–Crippen MR) is 110 cm³/mol. The zero-order valence-corrected chi connectivity index (χ0v) is 16.6. The summed E-state index contributed by atoms with van der Waals surface area (Å²) in [6.45, 7) is 4.52. The van der Waals surface area contributed by atoms with E-state index in [0.29, 0.717) is 12.5 Å². The highest BCUT2D eigenvalue weighted by Gasteiger charge is 2.05. The molecule has 5 heteroatoms. The number of benzene rings is 2. The molecule has 0 bridgehead atoms. The minimum absolute atomic E-state index is 0.294. The Morgan fingerprint density at radius 2 is 1.71 bits per heavy atom. The van der Waals surface area contributed by atoms with Crippen molar-refractivity contribution in [2.45, 2.75) is 26.2 Å². The van der Waals surface area contributed by atoms with Crippen molar-refractivity contribution in [2.24, 2.45) is 0 Å². The smallest absolute Gasteiger partial charge is 0.331 e. The fourth-order valence-corrected chi connectivity index (χ4v) is 2.53. The third-order valence-electron chi connectivity index (χ3n) is 4.26. The minimum Gasteiger partial charge on any atom is -0.497 e. The van der Waals surface area contributed by atoms with Gasteiger partial charge in [0, 0.05) is 12.6 Å². The summed E-state index contributed by atoms with van der Waals surface area (Å²) in [5.74, 6) is 0.370. The van der Waals surface area contributed by atoms with E-state index in [1.165, 1.54) is 11.6 Å². The van der Waals surface area contributed by atoms with Crippen molar-refractivity contribution in [3.8, 4) is 5.75 Å². The Morgan fingerprint density at radius 1 is 1.04 bits per heavy atom. The van der Waals surface area contributed by atoms with Crippen LogP contribution in [0.15, 0.2) is 54.6 Å². The van der Waals surface area contributed by atoms with Gasteiger partial charge in [0.25, 0.3) is 5.91 Å². The number of nitrogens with one attached hydrogen (secondary N) is 1. The average molecular weight is 381 g/mol. The van der Waals surface area contributed by atoms with Gasteiger partial charge in [-0.3, -0.25) is 4.79 Å². The molecule has 28 heavy (non-hydrogen) atoms. The van der Waals surface area contributed by atoms with E-state index in [-0.39, 0.29) is 12.5 Å². The van der Waals surface area contributed by atoms with Gasteiger partial charge in [-0.25, -0.2) is 4.79 Å². The molecule has 2 rings (SSSR count). The van der Waals surface area contributed by atoms with Gasteiger partial charge in [-0.2, -0.15) is 0 Å². The lowest BCUT2D eigenvalue weighted by Crippen LogP contribution is -2.30. The zero-order valence-electron chi connectivity index (χ0n) is 16.6. The number of methoxy groups -OCH3 is 1. The van der Waals surface area contributed by atoms with Crippen LogP contribution in [-0.2, 0) is 20.7 Å². The number of carbonyl (C=O) groups is 2. The molecule has 2 aromatic carbocycles. The van der Waals surface area contributed by atoms with Crippen molar-refractivity contribution in [2.75, 3.05) is 20.3 Å². The highest BCUT2D eigenvalue weighted by Crippen LogP contribution is 2.15. The summed E-state index contributed by atoms with van der Waals surface area (Å²) in [7, 11) is 1.59. The largest absolute Gasteiger partial charge is 0.497 e. The van der Waals surface area contributed by atoms with Crippen LogP contribution in [0.5, 0.6) is 5.75 Å². The molecule has 0 spiro atoms. The summed E-state index contributed by atoms with van der Waals surface area (Å²) in [6, 6.07) is 15.6. The van der Waals surface area contributed by atoms with Crippen LogP contribution >= 0.6 is 0 Å². The van der Waals surface area contributed by atoms with Crippen molar-refractivity contribution in [3.05, 3.63) is 71.3 Å². The molecule has 0 saturated heterocycles. The van der Waals surface area contributed by atoms with E-state index in [0.717, 1.165) is 23.3 Å². The molecule has 0 atom stereocenters. The number of esters is 1. The lowest BCUT2D eigenvalue weighted by atomic mass is 10.0. The topological polar surface area (TPSA) is 64.6 Å². The summed E-state index contributed by atoms with van der Waals surface area (Å²) >= 11 is 0. The monoisotopic (exact) mass is 381 g/mol. The van der Waals surface area contributed by atoms with Crippen LogP contribution in [0.3, 0.4) is 0 Å². The van der Waals surface area contributed by atoms with Crippen LogP contribution in [0.25, 0.3) is 6.08 Å². The molecule has 0 saturated carbocycles. The molecular weight excluding hydrogens is 354 g/mol. The lowest BCUT2D eigenvalue weighted by molar-refractivity contribution is -0.143. The van der Waals surface area contributed by atoms with Gasteiger partial charge in [-0.1, -0.05) is 50.2 Å². The second-order valence-electron chi connectivity index (χ2n) is 6.71. The van der Waals surface area contributed by atoms with E-state index in [2.05, 4.69) is 43.4 Å². The van der Waals surface area contributed by atoms with Gasteiger partial charge in [0.15, 0.2) is 6.61 Å². The van der Waals surface area contributed by atoms with Crippen LogP contribution in [-0.4, -0.2) is 32.1 Å². The number of ether oxygens (including phenoxy) is 2. The molecule has 148 valence electrons. The summed E-state index contributed by atoms with van der Waals surface area (Å²) < 4.78 is 10.0. The van der Waals surface area contributed by atoms with Gasteiger partial charge in [0.05, 0.1) is 7.11 Å². The van der Waals surface area contributed by atoms with E-state index in [1.807, 2.05) is 12.1 Å². The van der Waals surface area contributed by atoms with Gasteiger partial charge < -0.3 is 14.8 Å². The molecule has 0 heterocycles. The molecule has 0 aliphatic heterocycles. The van der Waals surface area contributed by atoms with Gasteiger partial charge in [-0.15, -0.1) is 0 Å².